The number of rotatable bonds is 7. The molecule has 0 aliphatic carbocycles. The van der Waals surface area contributed by atoms with E-state index in [0.717, 1.165) is 11.1 Å². The Labute approximate surface area is 173 Å². The van der Waals surface area contributed by atoms with Gasteiger partial charge in [-0.3, -0.25) is 24.0 Å². The third-order valence-electron chi connectivity index (χ3n) is 4.70. The summed E-state index contributed by atoms with van der Waals surface area (Å²) in [5.41, 5.74) is 6.97. The lowest BCUT2D eigenvalue weighted by atomic mass is 10.1. The molecule has 0 saturated heterocycles. The molecular formula is C22H24N4O4. The van der Waals surface area contributed by atoms with E-state index in [0.29, 0.717) is 5.56 Å². The number of nitrogens with one attached hydrogen (secondary N) is 1. The molecule has 1 heterocycles. The Morgan fingerprint density at radius 3 is 2.53 bits per heavy atom. The van der Waals surface area contributed by atoms with E-state index in [1.54, 1.807) is 18.2 Å². The van der Waals surface area contributed by atoms with Crippen molar-refractivity contribution in [3.05, 3.63) is 92.1 Å². The number of carbonyl (C=O) groups excluding carboxylic acids is 1. The zero-order valence-corrected chi connectivity index (χ0v) is 16.9. The number of nitrogen functional groups attached to an aromatic ring is 1. The average Bonchev–Trinajstić information content (AvgIpc) is 2.73. The van der Waals surface area contributed by atoms with Crippen molar-refractivity contribution in [3.8, 4) is 0 Å². The molecule has 30 heavy (non-hydrogen) atoms. The molecule has 8 heteroatoms. The summed E-state index contributed by atoms with van der Waals surface area (Å²) < 4.78 is 6.36. The van der Waals surface area contributed by atoms with Gasteiger partial charge < -0.3 is 10.5 Å². The Bertz CT molecular complexity index is 1150. The van der Waals surface area contributed by atoms with Crippen molar-refractivity contribution in [2.75, 3.05) is 30.9 Å². The Balaban J connectivity index is 2.11. The molecule has 3 rings (SSSR count). The molecule has 3 aromatic rings. The van der Waals surface area contributed by atoms with E-state index in [-0.39, 0.29) is 31.2 Å². The van der Waals surface area contributed by atoms with Crippen molar-refractivity contribution >= 4 is 17.4 Å². The number of methoxy groups -OCH3 is 1. The molecule has 0 bridgehead atoms. The molecule has 0 saturated carbocycles. The molecule has 0 aliphatic heterocycles. The monoisotopic (exact) mass is 408 g/mol. The summed E-state index contributed by atoms with van der Waals surface area (Å²) in [5.74, 6) is -0.484. The van der Waals surface area contributed by atoms with Crippen LogP contribution in [0.2, 0.25) is 0 Å². The molecule has 0 spiro atoms. The maximum absolute atomic E-state index is 13.2. The van der Waals surface area contributed by atoms with Crippen molar-refractivity contribution < 1.29 is 9.53 Å². The van der Waals surface area contributed by atoms with Crippen LogP contribution in [-0.4, -0.2) is 35.7 Å². The lowest BCUT2D eigenvalue weighted by Crippen LogP contribution is -2.42. The van der Waals surface area contributed by atoms with Crippen molar-refractivity contribution in [2.45, 2.75) is 13.5 Å². The number of anilines is 2. The summed E-state index contributed by atoms with van der Waals surface area (Å²) in [7, 11) is 1.50. The predicted molar refractivity (Wildman–Crippen MR) is 116 cm³/mol. The molecule has 156 valence electrons. The molecule has 0 atom stereocenters. The van der Waals surface area contributed by atoms with Gasteiger partial charge in [0.2, 0.25) is 0 Å². The lowest BCUT2D eigenvalue weighted by Gasteiger charge is -2.24. The predicted octanol–water partition coefficient (Wildman–Crippen LogP) is 1.77. The number of benzene rings is 2. The highest BCUT2D eigenvalue weighted by Crippen LogP contribution is 2.20. The fraction of sp³-hybridized carbons (Fsp3) is 0.227. The van der Waals surface area contributed by atoms with Crippen molar-refractivity contribution in [1.29, 1.82) is 0 Å². The number of amides is 1. The van der Waals surface area contributed by atoms with Gasteiger partial charge in [0.1, 0.15) is 5.82 Å². The van der Waals surface area contributed by atoms with Gasteiger partial charge >= 0.3 is 5.69 Å². The summed E-state index contributed by atoms with van der Waals surface area (Å²) in [4.78, 5) is 41.9. The van der Waals surface area contributed by atoms with Crippen LogP contribution in [0.3, 0.4) is 0 Å². The van der Waals surface area contributed by atoms with Gasteiger partial charge in [0.05, 0.1) is 13.2 Å². The van der Waals surface area contributed by atoms with Gasteiger partial charge in [0.15, 0.2) is 5.69 Å². The smallest absolute Gasteiger partial charge is 0.330 e. The SMILES string of the molecule is COCCN(C(=O)c1cccc(C)c1)c1c(N)n(Cc2ccccc2)c(=O)[nH]c1=O. The van der Waals surface area contributed by atoms with Crippen LogP contribution in [0.4, 0.5) is 11.5 Å². The molecule has 8 nitrogen and oxygen atoms in total. The Morgan fingerprint density at radius 1 is 1.13 bits per heavy atom. The second kappa shape index (κ2) is 9.23. The second-order valence-electron chi connectivity index (χ2n) is 6.88. The van der Waals surface area contributed by atoms with Gasteiger partial charge in [-0.2, -0.15) is 0 Å². The molecule has 2 aromatic carbocycles. The minimum absolute atomic E-state index is 0.0749. The number of carbonyl (C=O) groups is 1. The van der Waals surface area contributed by atoms with E-state index in [9.17, 15) is 14.4 Å². The van der Waals surface area contributed by atoms with E-state index >= 15 is 0 Å². The topological polar surface area (TPSA) is 110 Å². The number of hydrogen-bond acceptors (Lipinski definition) is 5. The first-order valence-electron chi connectivity index (χ1n) is 9.46. The number of nitrogens with two attached hydrogens (primary N) is 1. The highest BCUT2D eigenvalue weighted by atomic mass is 16.5. The standard InChI is InChI=1S/C22H24N4O4/c1-15-7-6-10-17(13-15)21(28)25(11-12-30-2)18-19(23)26(22(29)24-20(18)27)14-16-8-4-3-5-9-16/h3-10,13H,11-12,14,23H2,1-2H3,(H,24,27,29). The van der Waals surface area contributed by atoms with E-state index in [2.05, 4.69) is 4.98 Å². The van der Waals surface area contributed by atoms with E-state index in [4.69, 9.17) is 10.5 Å². The number of hydrogen-bond donors (Lipinski definition) is 2. The molecular weight excluding hydrogens is 384 g/mol. The number of H-pyrrole nitrogens is 1. The van der Waals surface area contributed by atoms with Crippen molar-refractivity contribution in [2.24, 2.45) is 0 Å². The quantitative estimate of drug-likeness (QED) is 0.619. The fourth-order valence-electron chi connectivity index (χ4n) is 3.19. The maximum Gasteiger partial charge on any atom is 0.330 e. The van der Waals surface area contributed by atoms with Crippen LogP contribution in [0.1, 0.15) is 21.5 Å². The first kappa shape index (κ1) is 21.1. The molecule has 3 N–H and O–H groups in total. The minimum atomic E-state index is -0.723. The van der Waals surface area contributed by atoms with Crippen LogP contribution in [0.25, 0.3) is 0 Å². The van der Waals surface area contributed by atoms with Gasteiger partial charge in [-0.1, -0.05) is 48.0 Å². The Hall–Kier alpha value is -3.65. The molecule has 0 aliphatic rings. The molecule has 0 unspecified atom stereocenters. The van der Waals surface area contributed by atoms with Crippen LogP contribution < -0.4 is 21.9 Å². The zero-order chi connectivity index (χ0) is 21.7. The third-order valence-corrected chi connectivity index (χ3v) is 4.70. The first-order valence-corrected chi connectivity index (χ1v) is 9.46. The molecule has 0 fully saturated rings. The number of nitrogens with zero attached hydrogens (tertiary/aromatic N) is 2. The van der Waals surface area contributed by atoms with Crippen LogP contribution in [0, 0.1) is 6.92 Å². The van der Waals surface area contributed by atoms with E-state index in [1.807, 2.05) is 43.3 Å². The number of aromatic amines is 1. The second-order valence-corrected chi connectivity index (χ2v) is 6.88. The summed E-state index contributed by atoms with van der Waals surface area (Å²) in [6, 6.07) is 16.3. The Morgan fingerprint density at radius 2 is 1.87 bits per heavy atom. The van der Waals surface area contributed by atoms with Crippen LogP contribution in [0.15, 0.2) is 64.2 Å². The highest BCUT2D eigenvalue weighted by molar-refractivity contribution is 6.07. The van der Waals surface area contributed by atoms with Crippen molar-refractivity contribution in [1.82, 2.24) is 9.55 Å². The van der Waals surface area contributed by atoms with Crippen LogP contribution in [-0.2, 0) is 11.3 Å². The summed E-state index contributed by atoms with van der Waals surface area (Å²) in [6.45, 7) is 2.32. The highest BCUT2D eigenvalue weighted by Gasteiger charge is 2.25. The summed E-state index contributed by atoms with van der Waals surface area (Å²) in [5, 5.41) is 0. The lowest BCUT2D eigenvalue weighted by molar-refractivity contribution is 0.0975. The molecule has 1 amide bonds. The van der Waals surface area contributed by atoms with Crippen LogP contribution in [0.5, 0.6) is 0 Å². The van der Waals surface area contributed by atoms with E-state index in [1.165, 1.54) is 16.6 Å². The normalized spacial score (nSPS) is 10.7. The summed E-state index contributed by atoms with van der Waals surface area (Å²) >= 11 is 0. The largest absolute Gasteiger partial charge is 0.383 e. The third kappa shape index (κ3) is 4.49. The van der Waals surface area contributed by atoms with Gasteiger partial charge in [-0.05, 0) is 24.6 Å². The number of aryl methyl sites for hydroxylation is 1. The summed E-state index contributed by atoms with van der Waals surface area (Å²) in [6.07, 6.45) is 0. The average molecular weight is 408 g/mol. The van der Waals surface area contributed by atoms with Gasteiger partial charge in [-0.15, -0.1) is 0 Å². The van der Waals surface area contributed by atoms with Gasteiger partial charge in [-0.25, -0.2) is 4.79 Å². The zero-order valence-electron chi connectivity index (χ0n) is 16.9. The Kier molecular flexibility index (Phi) is 6.48. The molecule has 1 aromatic heterocycles. The van der Waals surface area contributed by atoms with Gasteiger partial charge in [0, 0.05) is 19.2 Å². The number of ether oxygens (including phenoxy) is 1. The van der Waals surface area contributed by atoms with Crippen LogP contribution >= 0.6 is 0 Å². The van der Waals surface area contributed by atoms with Crippen molar-refractivity contribution in [3.63, 3.8) is 0 Å². The van der Waals surface area contributed by atoms with Gasteiger partial charge in [0.25, 0.3) is 11.5 Å². The first-order chi connectivity index (χ1) is 14.4. The number of aromatic nitrogens is 2. The van der Waals surface area contributed by atoms with E-state index < -0.39 is 17.2 Å². The minimum Gasteiger partial charge on any atom is -0.383 e. The molecule has 0 radical (unpaired) electrons. The maximum atomic E-state index is 13.2. The fourth-order valence-corrected chi connectivity index (χ4v) is 3.19.